The second-order valence-electron chi connectivity index (χ2n) is 16.0. The number of carbonyl (C=O) groups is 5. The molecule has 2 aromatic rings. The van der Waals surface area contributed by atoms with Gasteiger partial charge in [-0.3, -0.25) is 70.8 Å². The first kappa shape index (κ1) is 56.4. The number of rotatable bonds is 25. The van der Waals surface area contributed by atoms with Gasteiger partial charge in [-0.2, -0.15) is 0 Å². The number of ether oxygens (including phenoxy) is 7. The van der Waals surface area contributed by atoms with E-state index in [2.05, 4.69) is 15.2 Å². The van der Waals surface area contributed by atoms with Crippen molar-refractivity contribution in [3.63, 3.8) is 0 Å². The van der Waals surface area contributed by atoms with E-state index in [0.717, 1.165) is 68.5 Å². The molecule has 2 aromatic heterocycles. The lowest BCUT2D eigenvalue weighted by Crippen LogP contribution is -2.42. The van der Waals surface area contributed by atoms with Gasteiger partial charge in [0.1, 0.15) is 18.2 Å². The summed E-state index contributed by atoms with van der Waals surface area (Å²) in [5, 5.41) is 5.29. The fraction of sp³-hybridized carbons (Fsp3) is 0.667. The quantitative estimate of drug-likeness (QED) is 0.0458. The fourth-order valence-corrected chi connectivity index (χ4v) is 10.3. The monoisotopic (exact) mass is 1020 g/mol. The molecule has 0 aliphatic carbocycles. The van der Waals surface area contributed by atoms with Gasteiger partial charge in [0.2, 0.25) is 0 Å². The predicted molar refractivity (Wildman–Crippen MR) is 233 cm³/mol. The van der Waals surface area contributed by atoms with Gasteiger partial charge in [0.15, 0.2) is 36.9 Å². The van der Waals surface area contributed by atoms with Gasteiger partial charge >= 0.3 is 56.7 Å². The summed E-state index contributed by atoms with van der Waals surface area (Å²) in [6, 6.07) is 0.669. The average Bonchev–Trinajstić information content (AvgIpc) is 3.72. The van der Waals surface area contributed by atoms with Gasteiger partial charge in [0.25, 0.3) is 11.1 Å². The van der Waals surface area contributed by atoms with E-state index in [1.807, 2.05) is 4.98 Å². The molecule has 0 amide bonds. The molecule has 69 heavy (non-hydrogen) atoms. The second kappa shape index (κ2) is 25.1. The Labute approximate surface area is 393 Å². The number of H-pyrrole nitrogens is 2. The number of nitrogens with one attached hydrogen (secondary N) is 4. The van der Waals surface area contributed by atoms with Crippen LogP contribution in [-0.2, 0) is 84.4 Å². The van der Waals surface area contributed by atoms with E-state index in [-0.39, 0.29) is 25.8 Å². The molecule has 30 heteroatoms. The summed E-state index contributed by atoms with van der Waals surface area (Å²) in [7, 11) is -7.70. The lowest BCUT2D eigenvalue weighted by molar-refractivity contribution is -0.165. The first-order valence-electron chi connectivity index (χ1n) is 21.4. The number of hydrogen-bond acceptors (Lipinski definition) is 22. The van der Waals surface area contributed by atoms with Gasteiger partial charge < -0.3 is 33.2 Å². The predicted octanol–water partition coefficient (Wildman–Crippen LogP) is 0.599. The van der Waals surface area contributed by atoms with Crippen molar-refractivity contribution >= 4 is 45.3 Å². The maximum absolute atomic E-state index is 14.3. The number of esters is 5. The van der Waals surface area contributed by atoms with Gasteiger partial charge in [-0.15, -0.1) is 0 Å². The summed E-state index contributed by atoms with van der Waals surface area (Å²) in [4.78, 5) is 115. The van der Waals surface area contributed by atoms with Crippen LogP contribution >= 0.6 is 15.5 Å². The number of methoxy groups -OCH3 is 1. The van der Waals surface area contributed by atoms with Crippen LogP contribution in [0.2, 0.25) is 0 Å². The smallest absolute Gasteiger partial charge is 0.406 e. The standard InChI is InChI=1S/C39H58N6O22P2/c1-20(2)66-68(55,58-18-27-31(60-22(5)46)33(62-24(7)48)35(64-27)44-16-13-29(50)41-38(44)53)40-15-11-10-12-26(37(52)57-9)43-69(56,67-21(3)4)59-19-28-32(61-23(6)47)34(63-25(8)49)36(65-28)45-17-14-30(51)42-39(45)54/h13-14,16-17,20-21,26-28,31-36H,10-12,15,18-19H2,1-9H3,(H,40,55)(H,43,56)(H,41,50,53)(H,42,51,54)/t26-,27+,28+,31+,32+,33+,34+,35+,36+,68?,69?/m0/s1. The number of aromatic nitrogens is 4. The number of aromatic amines is 2. The van der Waals surface area contributed by atoms with Crippen molar-refractivity contribution in [1.29, 1.82) is 0 Å². The Morgan fingerprint density at radius 3 is 1.45 bits per heavy atom. The highest BCUT2D eigenvalue weighted by molar-refractivity contribution is 7.52. The topological polar surface area (TPSA) is 355 Å². The van der Waals surface area contributed by atoms with Crippen LogP contribution in [0.5, 0.6) is 0 Å². The van der Waals surface area contributed by atoms with Crippen LogP contribution in [0.1, 0.15) is 87.1 Å². The van der Waals surface area contributed by atoms with Crippen LogP contribution in [0.15, 0.2) is 43.7 Å². The molecule has 2 aliphatic heterocycles. The lowest BCUT2D eigenvalue weighted by Gasteiger charge is -2.27. The minimum Gasteiger partial charge on any atom is -0.468 e. The Morgan fingerprint density at radius 2 is 1.06 bits per heavy atom. The van der Waals surface area contributed by atoms with Gasteiger partial charge in [-0.25, -0.2) is 28.9 Å². The summed E-state index contributed by atoms with van der Waals surface area (Å²) in [6.07, 6.45) is -10.4. The molecule has 0 aromatic carbocycles. The molecule has 4 N–H and O–H groups in total. The zero-order valence-electron chi connectivity index (χ0n) is 39.2. The Kier molecular flexibility index (Phi) is 20.5. The van der Waals surface area contributed by atoms with Crippen LogP contribution in [0.25, 0.3) is 0 Å². The molecular formula is C39H58N6O22P2. The number of unbranched alkanes of at least 4 members (excludes halogenated alkanes) is 1. The third-order valence-corrected chi connectivity index (χ3v) is 13.2. The minimum absolute atomic E-state index is 0.0709. The van der Waals surface area contributed by atoms with Crippen molar-refractivity contribution in [2.75, 3.05) is 26.9 Å². The average molecular weight is 1020 g/mol. The van der Waals surface area contributed by atoms with E-state index < -0.39 is 148 Å². The molecule has 2 aliphatic rings. The second-order valence-corrected chi connectivity index (χ2v) is 19.5. The van der Waals surface area contributed by atoms with Crippen LogP contribution < -0.4 is 32.7 Å². The summed E-state index contributed by atoms with van der Waals surface area (Å²) < 4.78 is 91.5. The Bertz CT molecular complexity index is 2470. The van der Waals surface area contributed by atoms with E-state index in [1.54, 1.807) is 13.8 Å². The summed E-state index contributed by atoms with van der Waals surface area (Å²) >= 11 is 0. The van der Waals surface area contributed by atoms with E-state index in [4.69, 9.17) is 51.3 Å². The summed E-state index contributed by atoms with van der Waals surface area (Å²) in [5.41, 5.74) is -3.35. The Hall–Kier alpha value is -5.15. The van der Waals surface area contributed by atoms with Crippen molar-refractivity contribution in [2.24, 2.45) is 0 Å². The van der Waals surface area contributed by atoms with Crippen molar-refractivity contribution in [3.8, 4) is 0 Å². The molecule has 0 radical (unpaired) electrons. The molecule has 386 valence electrons. The molecule has 2 unspecified atom stereocenters. The molecule has 4 heterocycles. The highest BCUT2D eigenvalue weighted by Gasteiger charge is 2.53. The fourth-order valence-electron chi connectivity index (χ4n) is 7.06. The van der Waals surface area contributed by atoms with Crippen LogP contribution in [0, 0.1) is 0 Å². The normalized spacial score (nSPS) is 24.5. The van der Waals surface area contributed by atoms with Crippen molar-refractivity contribution in [3.05, 3.63) is 66.2 Å². The van der Waals surface area contributed by atoms with Crippen LogP contribution in [0.4, 0.5) is 0 Å². The van der Waals surface area contributed by atoms with E-state index >= 15 is 0 Å². The maximum Gasteiger partial charge on any atom is 0.406 e. The third-order valence-electron chi connectivity index (χ3n) is 9.57. The highest BCUT2D eigenvalue weighted by atomic mass is 31.2. The first-order valence-corrected chi connectivity index (χ1v) is 24.5. The third kappa shape index (κ3) is 16.5. The van der Waals surface area contributed by atoms with Crippen LogP contribution in [0.3, 0.4) is 0 Å². The van der Waals surface area contributed by atoms with Crippen molar-refractivity contribution in [2.45, 2.75) is 142 Å². The molecule has 0 spiro atoms. The minimum atomic E-state index is -4.54. The lowest BCUT2D eigenvalue weighted by atomic mass is 10.1. The van der Waals surface area contributed by atoms with Crippen molar-refractivity contribution < 1.29 is 84.4 Å². The molecule has 0 saturated carbocycles. The largest absolute Gasteiger partial charge is 0.468 e. The number of nitrogens with zero attached hydrogens (tertiary/aromatic N) is 2. The highest BCUT2D eigenvalue weighted by Crippen LogP contribution is 2.48. The molecular weight excluding hydrogens is 966 g/mol. The van der Waals surface area contributed by atoms with Gasteiger partial charge in [-0.05, 0) is 40.5 Å². The van der Waals surface area contributed by atoms with Crippen LogP contribution in [-0.4, -0.2) is 131 Å². The Balaban J connectivity index is 1.46. The van der Waals surface area contributed by atoms with Gasteiger partial charge in [0.05, 0.1) is 32.5 Å². The van der Waals surface area contributed by atoms with Gasteiger partial charge in [-0.1, -0.05) is 6.42 Å². The molecule has 28 nitrogen and oxygen atoms in total. The van der Waals surface area contributed by atoms with Crippen molar-refractivity contribution in [1.82, 2.24) is 29.3 Å². The maximum atomic E-state index is 14.3. The molecule has 2 fully saturated rings. The number of carbonyl (C=O) groups excluding carboxylic acids is 5. The molecule has 2 saturated heterocycles. The summed E-state index contributed by atoms with van der Waals surface area (Å²) in [5.74, 6) is -4.22. The van der Waals surface area contributed by atoms with E-state index in [9.17, 15) is 52.3 Å². The van der Waals surface area contributed by atoms with E-state index in [0.29, 0.717) is 0 Å². The first-order chi connectivity index (χ1) is 32.3. The van der Waals surface area contributed by atoms with Gasteiger partial charge in [0, 0.05) is 58.8 Å². The Morgan fingerprint density at radius 1 is 0.652 bits per heavy atom. The molecule has 0 bridgehead atoms. The zero-order chi connectivity index (χ0) is 51.4. The summed E-state index contributed by atoms with van der Waals surface area (Å²) in [6.45, 7) is 9.10. The SMILES string of the molecule is COC(=O)[C@H](CCCCNP(=O)(OC[C@H]1O[C@@H](n2ccc(=O)[nH]c2=O)[C@H](OC(C)=O)[C@@H]1OC(C)=O)OC(C)C)NP(=O)(OC[C@H]1O[C@@H](n2ccc(=O)[nH]c2=O)[C@H](OC(C)=O)[C@@H]1OC(C)=O)OC(C)C. The number of hydrogen-bond donors (Lipinski definition) is 4. The van der Waals surface area contributed by atoms with E-state index in [1.165, 1.54) is 13.8 Å². The molecule has 11 atom stereocenters. The zero-order valence-corrected chi connectivity index (χ0v) is 41.0. The molecule has 4 rings (SSSR count).